The number of benzene rings is 1. The zero-order valence-electron chi connectivity index (χ0n) is 15.2. The van der Waals surface area contributed by atoms with Gasteiger partial charge in [-0.2, -0.15) is 0 Å². The number of aryl methyl sites for hydroxylation is 2. The molecule has 0 aliphatic carbocycles. The number of nitrogens with one attached hydrogen (secondary N) is 2. The van der Waals surface area contributed by atoms with Gasteiger partial charge in [-0.15, -0.1) is 11.3 Å². The summed E-state index contributed by atoms with van der Waals surface area (Å²) in [4.78, 5) is 14.6. The molecule has 2 aromatic heterocycles. The minimum atomic E-state index is 0.547. The number of aliphatic imine (C=N–C) groups is 1. The number of thiazole rings is 1. The molecule has 0 saturated carbocycles. The highest BCUT2D eigenvalue weighted by atomic mass is 32.1. The van der Waals surface area contributed by atoms with Crippen molar-refractivity contribution in [1.82, 2.24) is 20.6 Å². The number of hydrogen-bond donors (Lipinski definition) is 2. The summed E-state index contributed by atoms with van der Waals surface area (Å²) in [6.45, 7) is 5.47. The molecule has 26 heavy (non-hydrogen) atoms. The van der Waals surface area contributed by atoms with Gasteiger partial charge in [0.15, 0.2) is 5.96 Å². The van der Waals surface area contributed by atoms with Gasteiger partial charge in [-0.25, -0.2) is 9.97 Å². The van der Waals surface area contributed by atoms with Crippen LogP contribution < -0.4 is 10.6 Å². The van der Waals surface area contributed by atoms with Crippen molar-refractivity contribution in [3.05, 3.63) is 57.9 Å². The molecule has 6 nitrogen and oxygen atoms in total. The van der Waals surface area contributed by atoms with Gasteiger partial charge in [0.2, 0.25) is 5.89 Å². The zero-order valence-corrected chi connectivity index (χ0v) is 16.1. The summed E-state index contributed by atoms with van der Waals surface area (Å²) in [5, 5.41) is 7.70. The van der Waals surface area contributed by atoms with Crippen LogP contribution in [-0.4, -0.2) is 29.5 Å². The monoisotopic (exact) mass is 369 g/mol. The van der Waals surface area contributed by atoms with E-state index in [0.29, 0.717) is 12.4 Å². The van der Waals surface area contributed by atoms with Crippen LogP contribution in [-0.2, 0) is 13.0 Å². The van der Waals surface area contributed by atoms with Crippen LogP contribution in [0.2, 0.25) is 0 Å². The van der Waals surface area contributed by atoms with Crippen LogP contribution in [0.5, 0.6) is 0 Å². The molecule has 0 unspecified atom stereocenters. The summed E-state index contributed by atoms with van der Waals surface area (Å²) in [6, 6.07) is 9.86. The number of hydrogen-bond acceptors (Lipinski definition) is 5. The lowest BCUT2D eigenvalue weighted by Gasteiger charge is -2.09. The Labute approximate surface area is 157 Å². The van der Waals surface area contributed by atoms with Crippen LogP contribution in [0.3, 0.4) is 0 Å². The maximum atomic E-state index is 5.55. The van der Waals surface area contributed by atoms with E-state index in [1.54, 1.807) is 24.6 Å². The minimum absolute atomic E-state index is 0.547. The van der Waals surface area contributed by atoms with Gasteiger partial charge in [0, 0.05) is 30.5 Å². The van der Waals surface area contributed by atoms with E-state index >= 15 is 0 Å². The first kappa shape index (κ1) is 18.1. The van der Waals surface area contributed by atoms with Crippen molar-refractivity contribution in [3.8, 4) is 11.5 Å². The highest BCUT2D eigenvalue weighted by molar-refractivity contribution is 7.11. The number of aromatic nitrogens is 2. The van der Waals surface area contributed by atoms with Crippen LogP contribution in [0.15, 0.2) is 46.0 Å². The maximum Gasteiger partial charge on any atom is 0.226 e. The number of guanidine groups is 1. The number of nitrogens with zero attached hydrogens (tertiary/aromatic N) is 3. The molecule has 2 N–H and O–H groups in total. The average Bonchev–Trinajstić information content (AvgIpc) is 3.25. The summed E-state index contributed by atoms with van der Waals surface area (Å²) in [5.41, 5.74) is 2.92. The van der Waals surface area contributed by atoms with Crippen molar-refractivity contribution >= 4 is 17.3 Å². The molecular formula is C19H23N5OS. The normalized spacial score (nSPS) is 11.6. The Morgan fingerprint density at radius 2 is 1.96 bits per heavy atom. The van der Waals surface area contributed by atoms with Gasteiger partial charge in [-0.3, -0.25) is 4.99 Å². The van der Waals surface area contributed by atoms with Crippen molar-refractivity contribution in [3.63, 3.8) is 0 Å². The SMILES string of the molecule is CN=C(NCCc1nc(C)c(C)s1)NCc1coc(-c2ccccc2)n1. The molecule has 7 heteroatoms. The summed E-state index contributed by atoms with van der Waals surface area (Å²) < 4.78 is 5.55. The molecule has 0 spiro atoms. The van der Waals surface area contributed by atoms with E-state index in [-0.39, 0.29) is 0 Å². The molecule has 0 amide bonds. The van der Waals surface area contributed by atoms with Crippen LogP contribution >= 0.6 is 11.3 Å². The predicted octanol–water partition coefficient (Wildman–Crippen LogP) is 3.32. The quantitative estimate of drug-likeness (QED) is 0.515. The Balaban J connectivity index is 1.47. The zero-order chi connectivity index (χ0) is 18.4. The molecule has 0 saturated heterocycles. The fourth-order valence-electron chi connectivity index (χ4n) is 2.43. The Morgan fingerprint density at radius 3 is 2.65 bits per heavy atom. The first-order valence-electron chi connectivity index (χ1n) is 8.53. The molecular weight excluding hydrogens is 346 g/mol. The van der Waals surface area contributed by atoms with Gasteiger partial charge < -0.3 is 15.1 Å². The molecule has 0 bridgehead atoms. The van der Waals surface area contributed by atoms with Gasteiger partial charge in [0.05, 0.1) is 22.9 Å². The second kappa shape index (κ2) is 8.62. The van der Waals surface area contributed by atoms with Gasteiger partial charge in [-0.1, -0.05) is 18.2 Å². The van der Waals surface area contributed by atoms with Gasteiger partial charge >= 0.3 is 0 Å². The van der Waals surface area contributed by atoms with E-state index in [1.807, 2.05) is 37.3 Å². The van der Waals surface area contributed by atoms with Gasteiger partial charge in [-0.05, 0) is 26.0 Å². The molecule has 3 rings (SSSR count). The van der Waals surface area contributed by atoms with Gasteiger partial charge in [0.25, 0.3) is 0 Å². The lowest BCUT2D eigenvalue weighted by Crippen LogP contribution is -2.37. The number of rotatable bonds is 6. The molecule has 0 aliphatic heterocycles. The van der Waals surface area contributed by atoms with E-state index in [1.165, 1.54) is 4.88 Å². The Bertz CT molecular complexity index is 850. The third kappa shape index (κ3) is 4.70. The standard InChI is InChI=1S/C19H23N5OS/c1-13-14(2)26-17(23-13)9-10-21-19(20-3)22-11-16-12-25-18(24-16)15-7-5-4-6-8-15/h4-8,12H,9-11H2,1-3H3,(H2,20,21,22). The lowest BCUT2D eigenvalue weighted by atomic mass is 10.2. The Hall–Kier alpha value is -2.67. The van der Waals surface area contributed by atoms with E-state index < -0.39 is 0 Å². The third-order valence-corrected chi connectivity index (χ3v) is 5.07. The molecule has 0 fully saturated rings. The van der Waals surface area contributed by atoms with Crippen LogP contribution in [0.4, 0.5) is 0 Å². The third-order valence-electron chi connectivity index (χ3n) is 3.94. The topological polar surface area (TPSA) is 75.3 Å². The van der Waals surface area contributed by atoms with E-state index in [2.05, 4.69) is 32.5 Å². The van der Waals surface area contributed by atoms with Crippen molar-refractivity contribution in [2.24, 2.45) is 4.99 Å². The molecule has 2 heterocycles. The summed E-state index contributed by atoms with van der Waals surface area (Å²) in [6.07, 6.45) is 2.55. The van der Waals surface area contributed by atoms with E-state index in [9.17, 15) is 0 Å². The highest BCUT2D eigenvalue weighted by Gasteiger charge is 2.07. The maximum absolute atomic E-state index is 5.55. The summed E-state index contributed by atoms with van der Waals surface area (Å²) in [7, 11) is 1.76. The molecule has 0 atom stereocenters. The average molecular weight is 369 g/mol. The van der Waals surface area contributed by atoms with Crippen molar-refractivity contribution in [2.75, 3.05) is 13.6 Å². The fourth-order valence-corrected chi connectivity index (χ4v) is 3.36. The highest BCUT2D eigenvalue weighted by Crippen LogP contribution is 2.18. The van der Waals surface area contributed by atoms with Crippen LogP contribution in [0.1, 0.15) is 21.3 Å². The van der Waals surface area contributed by atoms with Crippen LogP contribution in [0, 0.1) is 13.8 Å². The molecule has 136 valence electrons. The molecule has 1 aromatic carbocycles. The first-order chi connectivity index (χ1) is 12.7. The Morgan fingerprint density at radius 1 is 1.15 bits per heavy atom. The largest absolute Gasteiger partial charge is 0.444 e. The Kier molecular flexibility index (Phi) is 6.01. The second-order valence-electron chi connectivity index (χ2n) is 5.86. The fraction of sp³-hybridized carbons (Fsp3) is 0.316. The van der Waals surface area contributed by atoms with Crippen LogP contribution in [0.25, 0.3) is 11.5 Å². The lowest BCUT2D eigenvalue weighted by molar-refractivity contribution is 0.572. The molecule has 0 aliphatic rings. The van der Waals surface area contributed by atoms with Crippen molar-refractivity contribution < 1.29 is 4.42 Å². The smallest absolute Gasteiger partial charge is 0.226 e. The van der Waals surface area contributed by atoms with Gasteiger partial charge in [0.1, 0.15) is 6.26 Å². The van der Waals surface area contributed by atoms with Crippen molar-refractivity contribution in [2.45, 2.75) is 26.8 Å². The van der Waals surface area contributed by atoms with E-state index in [4.69, 9.17) is 4.42 Å². The van der Waals surface area contributed by atoms with E-state index in [0.717, 1.165) is 40.9 Å². The molecule has 0 radical (unpaired) electrons. The summed E-state index contributed by atoms with van der Waals surface area (Å²) in [5.74, 6) is 1.36. The summed E-state index contributed by atoms with van der Waals surface area (Å²) >= 11 is 1.75. The predicted molar refractivity (Wildman–Crippen MR) is 105 cm³/mol. The van der Waals surface area contributed by atoms with Crippen molar-refractivity contribution in [1.29, 1.82) is 0 Å². The molecule has 3 aromatic rings. The first-order valence-corrected chi connectivity index (χ1v) is 9.34. The minimum Gasteiger partial charge on any atom is -0.444 e. The number of oxazole rings is 1. The second-order valence-corrected chi connectivity index (χ2v) is 7.15.